The van der Waals surface area contributed by atoms with E-state index in [2.05, 4.69) is 131 Å². The zero-order chi connectivity index (χ0) is 30.7. The van der Waals surface area contributed by atoms with Gasteiger partial charge in [0.15, 0.2) is 0 Å². The van der Waals surface area contributed by atoms with Crippen molar-refractivity contribution in [1.29, 1.82) is 0 Å². The van der Waals surface area contributed by atoms with Gasteiger partial charge in [0.25, 0.3) is 0 Å². The average molecular weight is 579 g/mol. The van der Waals surface area contributed by atoms with Gasteiger partial charge >= 0.3 is 0 Å². The molecule has 0 bridgehead atoms. The molecule has 0 saturated carbocycles. The Hall–Kier alpha value is -4.89. The SMILES string of the molecule is CC.CC(C)(F)c1ccc2c(c1N1CN(c3ccccc3)C=C1c1ccccc1)CC(c1ccccc1)=C2c1ccccc1. The first-order chi connectivity index (χ1) is 21.5. The number of alkyl halides is 1. The smallest absolute Gasteiger partial charge is 0.132 e. The van der Waals surface area contributed by atoms with Crippen molar-refractivity contribution in [3.8, 4) is 0 Å². The molecule has 0 aromatic heterocycles. The van der Waals surface area contributed by atoms with Gasteiger partial charge in [-0.1, -0.05) is 135 Å². The van der Waals surface area contributed by atoms with E-state index in [0.717, 1.165) is 29.1 Å². The predicted octanol–water partition coefficient (Wildman–Crippen LogP) is 10.7. The van der Waals surface area contributed by atoms with Crippen molar-refractivity contribution in [3.05, 3.63) is 173 Å². The van der Waals surface area contributed by atoms with E-state index in [4.69, 9.17) is 0 Å². The first-order valence-corrected chi connectivity index (χ1v) is 15.5. The zero-order valence-corrected chi connectivity index (χ0v) is 26.0. The second-order valence-electron chi connectivity index (χ2n) is 11.5. The number of hydrogen-bond acceptors (Lipinski definition) is 2. The average Bonchev–Trinajstić information content (AvgIpc) is 3.69. The lowest BCUT2D eigenvalue weighted by Crippen LogP contribution is -2.29. The Bertz CT molecular complexity index is 1780. The lowest BCUT2D eigenvalue weighted by atomic mass is 9.89. The number of benzene rings is 5. The maximum atomic E-state index is 16.2. The third-order valence-corrected chi connectivity index (χ3v) is 8.32. The molecule has 0 N–H and O–H groups in total. The molecular formula is C41H39FN2. The van der Waals surface area contributed by atoms with Crippen LogP contribution in [-0.4, -0.2) is 6.67 Å². The Kier molecular flexibility index (Phi) is 8.21. The molecule has 0 spiro atoms. The third kappa shape index (κ3) is 5.46. The van der Waals surface area contributed by atoms with Gasteiger partial charge in [-0.3, -0.25) is 0 Å². The maximum Gasteiger partial charge on any atom is 0.132 e. The molecule has 0 atom stereocenters. The van der Waals surface area contributed by atoms with E-state index >= 15 is 4.39 Å². The molecule has 5 aromatic carbocycles. The van der Waals surface area contributed by atoms with Gasteiger partial charge in [-0.2, -0.15) is 0 Å². The molecule has 0 radical (unpaired) electrons. The van der Waals surface area contributed by atoms with Crippen LogP contribution in [0.5, 0.6) is 0 Å². The molecule has 1 heterocycles. The van der Waals surface area contributed by atoms with Gasteiger partial charge in [0.2, 0.25) is 0 Å². The Balaban J connectivity index is 0.00000168. The molecule has 44 heavy (non-hydrogen) atoms. The minimum absolute atomic E-state index is 0.592. The molecule has 5 aromatic rings. The normalized spacial score (nSPS) is 14.2. The van der Waals surface area contributed by atoms with Gasteiger partial charge in [-0.05, 0) is 64.9 Å². The van der Waals surface area contributed by atoms with E-state index in [1.165, 1.54) is 33.4 Å². The summed E-state index contributed by atoms with van der Waals surface area (Å²) in [5.41, 5.74) is 10.6. The monoisotopic (exact) mass is 578 g/mol. The summed E-state index contributed by atoms with van der Waals surface area (Å²) in [4.78, 5) is 4.59. The first kappa shape index (κ1) is 29.2. The molecule has 0 fully saturated rings. The number of anilines is 2. The van der Waals surface area contributed by atoms with E-state index in [-0.39, 0.29) is 0 Å². The van der Waals surface area contributed by atoms with Crippen LogP contribution in [0.15, 0.2) is 140 Å². The van der Waals surface area contributed by atoms with Crippen LogP contribution in [0.4, 0.5) is 15.8 Å². The molecule has 1 aliphatic heterocycles. The fraction of sp³-hybridized carbons (Fsp3) is 0.171. The van der Waals surface area contributed by atoms with E-state index in [1.54, 1.807) is 13.8 Å². The summed E-state index contributed by atoms with van der Waals surface area (Å²) in [6, 6.07) is 46.3. The van der Waals surface area contributed by atoms with Crippen molar-refractivity contribution >= 4 is 28.2 Å². The zero-order valence-electron chi connectivity index (χ0n) is 26.0. The topological polar surface area (TPSA) is 6.48 Å². The van der Waals surface area contributed by atoms with Crippen LogP contribution in [0.1, 0.15) is 61.1 Å². The molecule has 0 unspecified atom stereocenters. The lowest BCUT2D eigenvalue weighted by molar-refractivity contribution is 0.222. The van der Waals surface area contributed by atoms with Crippen LogP contribution < -0.4 is 9.80 Å². The Morgan fingerprint density at radius 2 is 1.14 bits per heavy atom. The molecule has 2 aliphatic rings. The van der Waals surface area contributed by atoms with E-state index in [0.29, 0.717) is 12.2 Å². The highest BCUT2D eigenvalue weighted by Gasteiger charge is 2.37. The predicted molar refractivity (Wildman–Crippen MR) is 185 cm³/mol. The van der Waals surface area contributed by atoms with Crippen LogP contribution in [0, 0.1) is 0 Å². The Morgan fingerprint density at radius 1 is 0.614 bits per heavy atom. The van der Waals surface area contributed by atoms with E-state index in [1.807, 2.05) is 32.0 Å². The van der Waals surface area contributed by atoms with Crippen LogP contribution in [0.2, 0.25) is 0 Å². The number of para-hydroxylation sites is 1. The van der Waals surface area contributed by atoms with Gasteiger partial charge in [0.05, 0.1) is 18.1 Å². The largest absolute Gasteiger partial charge is 0.327 e. The minimum atomic E-state index is -1.53. The molecule has 7 rings (SSSR count). The maximum absolute atomic E-state index is 16.2. The van der Waals surface area contributed by atoms with Crippen molar-refractivity contribution in [3.63, 3.8) is 0 Å². The molecular weight excluding hydrogens is 539 g/mol. The van der Waals surface area contributed by atoms with Crippen molar-refractivity contribution in [2.75, 3.05) is 16.5 Å². The first-order valence-electron chi connectivity index (χ1n) is 15.5. The molecule has 2 nitrogen and oxygen atoms in total. The second-order valence-corrected chi connectivity index (χ2v) is 11.5. The van der Waals surface area contributed by atoms with E-state index in [9.17, 15) is 0 Å². The Labute approximate surface area is 261 Å². The standard InChI is InChI=1S/C39H33FN2.C2H6/c1-39(2,40)35-24-23-32-34(25-33(28-15-7-3-8-16-28)37(32)30-19-11-5-12-20-30)38(35)42-27-41(31-21-13-6-14-22-31)26-36(42)29-17-9-4-10-18-29;1-2/h3-24,26H,25,27H2,1-2H3;1-2H3. The highest BCUT2D eigenvalue weighted by Crippen LogP contribution is 2.51. The van der Waals surface area contributed by atoms with Crippen molar-refractivity contribution in [2.45, 2.75) is 39.8 Å². The van der Waals surface area contributed by atoms with Crippen LogP contribution in [0.3, 0.4) is 0 Å². The van der Waals surface area contributed by atoms with Gasteiger partial charge < -0.3 is 9.80 Å². The highest BCUT2D eigenvalue weighted by molar-refractivity contribution is 6.06. The number of fused-ring (bicyclic) bond motifs is 1. The van der Waals surface area contributed by atoms with Crippen molar-refractivity contribution in [2.24, 2.45) is 0 Å². The Morgan fingerprint density at radius 3 is 1.70 bits per heavy atom. The van der Waals surface area contributed by atoms with Crippen LogP contribution in [0.25, 0.3) is 16.8 Å². The molecule has 0 saturated heterocycles. The quantitative estimate of drug-likeness (QED) is 0.198. The summed E-state index contributed by atoms with van der Waals surface area (Å²) >= 11 is 0. The number of nitrogens with zero attached hydrogens (tertiary/aromatic N) is 2. The van der Waals surface area contributed by atoms with E-state index < -0.39 is 5.67 Å². The van der Waals surface area contributed by atoms with Gasteiger partial charge in [-0.25, -0.2) is 4.39 Å². The second kappa shape index (κ2) is 12.4. The summed E-state index contributed by atoms with van der Waals surface area (Å²) in [7, 11) is 0. The fourth-order valence-electron chi connectivity index (χ4n) is 6.38. The molecule has 3 heteroatoms. The van der Waals surface area contributed by atoms with Gasteiger partial charge in [0, 0.05) is 23.9 Å². The highest BCUT2D eigenvalue weighted by atomic mass is 19.1. The van der Waals surface area contributed by atoms with Crippen molar-refractivity contribution in [1.82, 2.24) is 0 Å². The van der Waals surface area contributed by atoms with Gasteiger partial charge in [0.1, 0.15) is 5.67 Å². The fourth-order valence-corrected chi connectivity index (χ4v) is 6.38. The summed E-state index contributed by atoms with van der Waals surface area (Å²) < 4.78 is 16.2. The van der Waals surface area contributed by atoms with Crippen LogP contribution >= 0.6 is 0 Å². The molecule has 0 amide bonds. The lowest BCUT2D eigenvalue weighted by Gasteiger charge is -2.32. The number of halogens is 1. The molecule has 220 valence electrons. The summed E-state index contributed by atoms with van der Waals surface area (Å²) in [5, 5.41) is 0. The number of allylic oxidation sites excluding steroid dienone is 1. The number of hydrogen-bond donors (Lipinski definition) is 0. The summed E-state index contributed by atoms with van der Waals surface area (Å²) in [6.45, 7) is 7.94. The summed E-state index contributed by atoms with van der Waals surface area (Å²) in [6.07, 6.45) is 2.93. The number of rotatable bonds is 6. The van der Waals surface area contributed by atoms with Gasteiger partial charge in [-0.15, -0.1) is 0 Å². The van der Waals surface area contributed by atoms with Crippen LogP contribution in [-0.2, 0) is 12.1 Å². The summed E-state index contributed by atoms with van der Waals surface area (Å²) in [5.74, 6) is 0. The van der Waals surface area contributed by atoms with Crippen molar-refractivity contribution < 1.29 is 4.39 Å². The minimum Gasteiger partial charge on any atom is -0.327 e. The molecule has 1 aliphatic carbocycles. The third-order valence-electron chi connectivity index (χ3n) is 8.32.